The summed E-state index contributed by atoms with van der Waals surface area (Å²) in [6, 6.07) is 0. The maximum absolute atomic E-state index is 2.49. The van der Waals surface area contributed by atoms with E-state index in [1.54, 1.807) is 6.42 Å². The maximum Gasteiger partial charge on any atom is -0.0329 e. The molecule has 0 nitrogen and oxygen atoms in total. The van der Waals surface area contributed by atoms with Crippen LogP contribution in [0.15, 0.2) is 0 Å². The fraction of sp³-hybridized carbons (Fsp3) is 1.00. The molecule has 22 heavy (non-hydrogen) atoms. The second-order valence-corrected chi connectivity index (χ2v) is 10.4. The molecule has 0 N–H and O–H groups in total. The van der Waals surface area contributed by atoms with E-state index in [2.05, 4.69) is 41.5 Å². The quantitative estimate of drug-likeness (QED) is 0.505. The Morgan fingerprint density at radius 1 is 0.636 bits per heavy atom. The molecule has 0 aromatic rings. The van der Waals surface area contributed by atoms with E-state index in [-0.39, 0.29) is 0 Å². The Kier molecular flexibility index (Phi) is 6.06. The summed E-state index contributed by atoms with van der Waals surface area (Å²) in [5.41, 5.74) is 1.12. The van der Waals surface area contributed by atoms with Crippen molar-refractivity contribution in [2.75, 3.05) is 0 Å². The molecule has 0 heteroatoms. The van der Waals surface area contributed by atoms with Gasteiger partial charge in [-0.3, -0.25) is 0 Å². The molecule has 2 aliphatic rings. The smallest absolute Gasteiger partial charge is 0.0329 e. The van der Waals surface area contributed by atoms with Crippen LogP contribution >= 0.6 is 0 Å². The fourth-order valence-corrected chi connectivity index (χ4v) is 5.20. The molecular formula is C22H42. The summed E-state index contributed by atoms with van der Waals surface area (Å²) in [5.74, 6) is 4.08. The van der Waals surface area contributed by atoms with Gasteiger partial charge < -0.3 is 0 Å². The van der Waals surface area contributed by atoms with Crippen LogP contribution in [0.4, 0.5) is 0 Å². The third kappa shape index (κ3) is 4.75. The molecule has 2 rings (SSSR count). The fourth-order valence-electron chi connectivity index (χ4n) is 5.20. The van der Waals surface area contributed by atoms with Gasteiger partial charge in [-0.15, -0.1) is 0 Å². The van der Waals surface area contributed by atoms with E-state index < -0.39 is 0 Å². The van der Waals surface area contributed by atoms with E-state index >= 15 is 0 Å². The van der Waals surface area contributed by atoms with Gasteiger partial charge in [-0.25, -0.2) is 0 Å². The van der Waals surface area contributed by atoms with E-state index in [0.717, 1.165) is 23.7 Å². The van der Waals surface area contributed by atoms with E-state index in [0.29, 0.717) is 10.8 Å². The highest BCUT2D eigenvalue weighted by molar-refractivity contribution is 4.85. The molecular weight excluding hydrogens is 264 g/mol. The number of rotatable bonds is 4. The van der Waals surface area contributed by atoms with Crippen molar-refractivity contribution in [1.29, 1.82) is 0 Å². The standard InChI is InChI=1S/C22H42/c1-7-22(5,6)20-14-10-18(11-15-20)16-17-8-12-19(13-9-17)21(2,3)4/h17-20H,7-16H2,1-6H3. The van der Waals surface area contributed by atoms with Gasteiger partial charge in [-0.2, -0.15) is 0 Å². The molecule has 2 saturated carbocycles. The second-order valence-electron chi connectivity index (χ2n) is 10.4. The van der Waals surface area contributed by atoms with Gasteiger partial charge in [0.25, 0.3) is 0 Å². The van der Waals surface area contributed by atoms with Gasteiger partial charge in [0.05, 0.1) is 0 Å². The summed E-state index contributed by atoms with van der Waals surface area (Å²) in [6.07, 6.45) is 15.0. The first-order valence-electron chi connectivity index (χ1n) is 10.2. The largest absolute Gasteiger partial charge is 0.0649 e. The average molecular weight is 307 g/mol. The van der Waals surface area contributed by atoms with Crippen LogP contribution in [-0.4, -0.2) is 0 Å². The summed E-state index contributed by atoms with van der Waals surface area (Å²) >= 11 is 0. The molecule has 0 atom stereocenters. The van der Waals surface area contributed by atoms with Crippen molar-refractivity contribution in [3.63, 3.8) is 0 Å². The number of hydrogen-bond acceptors (Lipinski definition) is 0. The third-order valence-electron chi connectivity index (χ3n) is 7.60. The Hall–Kier alpha value is 0. The van der Waals surface area contributed by atoms with Crippen molar-refractivity contribution in [3.8, 4) is 0 Å². The molecule has 0 bridgehead atoms. The highest BCUT2D eigenvalue weighted by Gasteiger charge is 2.34. The zero-order valence-electron chi connectivity index (χ0n) is 16.4. The molecule has 0 saturated heterocycles. The molecule has 0 aromatic carbocycles. The molecule has 0 heterocycles. The average Bonchev–Trinajstić information content (AvgIpc) is 2.47. The van der Waals surface area contributed by atoms with Crippen molar-refractivity contribution >= 4 is 0 Å². The summed E-state index contributed by atoms with van der Waals surface area (Å²) in [7, 11) is 0. The molecule has 0 radical (unpaired) electrons. The van der Waals surface area contributed by atoms with Crippen LogP contribution in [-0.2, 0) is 0 Å². The number of hydrogen-bond donors (Lipinski definition) is 0. The van der Waals surface area contributed by atoms with E-state index in [1.807, 2.05) is 0 Å². The highest BCUT2D eigenvalue weighted by atomic mass is 14.4. The van der Waals surface area contributed by atoms with Crippen molar-refractivity contribution in [1.82, 2.24) is 0 Å². The molecule has 2 fully saturated rings. The summed E-state index contributed by atoms with van der Waals surface area (Å²) < 4.78 is 0. The highest BCUT2D eigenvalue weighted by Crippen LogP contribution is 2.46. The molecule has 0 unspecified atom stereocenters. The first kappa shape index (κ1) is 18.3. The lowest BCUT2D eigenvalue weighted by molar-refractivity contribution is 0.102. The predicted octanol–water partition coefficient (Wildman–Crippen LogP) is 7.47. The maximum atomic E-state index is 2.49. The minimum Gasteiger partial charge on any atom is -0.0649 e. The van der Waals surface area contributed by atoms with E-state index in [4.69, 9.17) is 0 Å². The first-order valence-corrected chi connectivity index (χ1v) is 10.2. The Balaban J connectivity index is 1.72. The van der Waals surface area contributed by atoms with Gasteiger partial charge in [-0.1, -0.05) is 73.6 Å². The molecule has 130 valence electrons. The van der Waals surface area contributed by atoms with Crippen molar-refractivity contribution in [2.24, 2.45) is 34.5 Å². The van der Waals surface area contributed by atoms with Gasteiger partial charge in [-0.05, 0) is 66.6 Å². The van der Waals surface area contributed by atoms with Crippen LogP contribution in [0.25, 0.3) is 0 Å². The van der Waals surface area contributed by atoms with Gasteiger partial charge in [0.1, 0.15) is 0 Å². The molecule has 2 aliphatic carbocycles. The Morgan fingerprint density at radius 3 is 1.41 bits per heavy atom. The zero-order chi connectivity index (χ0) is 16.4. The summed E-state index contributed by atoms with van der Waals surface area (Å²) in [6.45, 7) is 14.7. The van der Waals surface area contributed by atoms with Gasteiger partial charge in [0, 0.05) is 0 Å². The SMILES string of the molecule is CCC(C)(C)C1CCC(CC2CCC(C(C)(C)C)CC2)CC1. The Morgan fingerprint density at radius 2 is 1.05 bits per heavy atom. The molecule has 0 amide bonds. The van der Waals surface area contributed by atoms with Crippen molar-refractivity contribution < 1.29 is 0 Å². The van der Waals surface area contributed by atoms with E-state index in [1.165, 1.54) is 57.8 Å². The monoisotopic (exact) mass is 306 g/mol. The van der Waals surface area contributed by atoms with Crippen LogP contribution in [0.5, 0.6) is 0 Å². The topological polar surface area (TPSA) is 0 Å². The molecule has 0 spiro atoms. The zero-order valence-corrected chi connectivity index (χ0v) is 16.4. The van der Waals surface area contributed by atoms with Crippen LogP contribution in [0.3, 0.4) is 0 Å². The minimum absolute atomic E-state index is 0.536. The third-order valence-corrected chi connectivity index (χ3v) is 7.60. The normalized spacial score (nSPS) is 34.6. The van der Waals surface area contributed by atoms with Crippen LogP contribution in [0.1, 0.15) is 106 Å². The lowest BCUT2D eigenvalue weighted by Crippen LogP contribution is -2.30. The van der Waals surface area contributed by atoms with E-state index in [9.17, 15) is 0 Å². The Bertz CT molecular complexity index is 316. The van der Waals surface area contributed by atoms with Crippen molar-refractivity contribution in [2.45, 2.75) is 106 Å². The predicted molar refractivity (Wildman–Crippen MR) is 99.0 cm³/mol. The van der Waals surface area contributed by atoms with Gasteiger partial charge in [0.15, 0.2) is 0 Å². The lowest BCUT2D eigenvalue weighted by atomic mass is 9.65. The second kappa shape index (κ2) is 7.27. The summed E-state index contributed by atoms with van der Waals surface area (Å²) in [5, 5.41) is 0. The van der Waals surface area contributed by atoms with Crippen LogP contribution < -0.4 is 0 Å². The molecule has 0 aliphatic heterocycles. The Labute approximate surface area is 140 Å². The molecule has 0 aromatic heterocycles. The van der Waals surface area contributed by atoms with Crippen LogP contribution in [0.2, 0.25) is 0 Å². The van der Waals surface area contributed by atoms with Crippen LogP contribution in [0, 0.1) is 34.5 Å². The summed E-state index contributed by atoms with van der Waals surface area (Å²) in [4.78, 5) is 0. The van der Waals surface area contributed by atoms with Gasteiger partial charge >= 0.3 is 0 Å². The van der Waals surface area contributed by atoms with Crippen molar-refractivity contribution in [3.05, 3.63) is 0 Å². The minimum atomic E-state index is 0.536. The first-order chi connectivity index (χ1) is 10.2. The van der Waals surface area contributed by atoms with Gasteiger partial charge in [0.2, 0.25) is 0 Å². The lowest BCUT2D eigenvalue weighted by Gasteiger charge is -2.41.